The predicted octanol–water partition coefficient (Wildman–Crippen LogP) is 4.37. The standard InChI is InChI=1S/C15H15BrN2O3/c1-2-21-15-6-4-3-5-14(15)17-10-11-7-12(16)9-13(8-11)18(19)20/h3-9,17H,2,10H2,1H3. The minimum Gasteiger partial charge on any atom is -0.492 e. The zero-order valence-electron chi connectivity index (χ0n) is 11.5. The van der Waals surface area contributed by atoms with E-state index in [4.69, 9.17) is 4.74 Å². The monoisotopic (exact) mass is 350 g/mol. The van der Waals surface area contributed by atoms with Gasteiger partial charge >= 0.3 is 0 Å². The van der Waals surface area contributed by atoms with E-state index in [-0.39, 0.29) is 5.69 Å². The summed E-state index contributed by atoms with van der Waals surface area (Å²) in [6, 6.07) is 12.5. The largest absolute Gasteiger partial charge is 0.492 e. The lowest BCUT2D eigenvalue weighted by Gasteiger charge is -2.12. The third-order valence-corrected chi connectivity index (χ3v) is 3.28. The number of hydrogen-bond donors (Lipinski definition) is 1. The molecule has 0 amide bonds. The quantitative estimate of drug-likeness (QED) is 0.620. The van der Waals surface area contributed by atoms with Crippen LogP contribution >= 0.6 is 15.9 Å². The Bertz CT molecular complexity index is 647. The molecule has 0 saturated carbocycles. The topological polar surface area (TPSA) is 64.4 Å². The number of non-ortho nitro benzene ring substituents is 1. The highest BCUT2D eigenvalue weighted by Crippen LogP contribution is 2.26. The average Bonchev–Trinajstić information content (AvgIpc) is 2.46. The molecule has 110 valence electrons. The van der Waals surface area contributed by atoms with E-state index >= 15 is 0 Å². The maximum Gasteiger partial charge on any atom is 0.270 e. The van der Waals surface area contributed by atoms with Gasteiger partial charge in [0, 0.05) is 23.2 Å². The molecule has 0 aromatic heterocycles. The van der Waals surface area contributed by atoms with Gasteiger partial charge in [-0.2, -0.15) is 0 Å². The first-order valence-electron chi connectivity index (χ1n) is 6.49. The van der Waals surface area contributed by atoms with Crippen LogP contribution in [0.15, 0.2) is 46.9 Å². The van der Waals surface area contributed by atoms with Crippen molar-refractivity contribution in [1.29, 1.82) is 0 Å². The van der Waals surface area contributed by atoms with E-state index in [9.17, 15) is 10.1 Å². The highest BCUT2D eigenvalue weighted by Gasteiger charge is 2.09. The zero-order valence-corrected chi connectivity index (χ0v) is 13.1. The van der Waals surface area contributed by atoms with E-state index in [0.717, 1.165) is 17.0 Å². The van der Waals surface area contributed by atoms with Crippen LogP contribution < -0.4 is 10.1 Å². The summed E-state index contributed by atoms with van der Waals surface area (Å²) in [5.41, 5.74) is 1.75. The van der Waals surface area contributed by atoms with Crippen LogP contribution in [0.2, 0.25) is 0 Å². The molecule has 0 spiro atoms. The fourth-order valence-electron chi connectivity index (χ4n) is 1.93. The summed E-state index contributed by atoms with van der Waals surface area (Å²) < 4.78 is 6.22. The van der Waals surface area contributed by atoms with Crippen molar-refractivity contribution in [2.75, 3.05) is 11.9 Å². The van der Waals surface area contributed by atoms with Crippen LogP contribution in [0.1, 0.15) is 12.5 Å². The van der Waals surface area contributed by atoms with Crippen molar-refractivity contribution < 1.29 is 9.66 Å². The molecule has 0 heterocycles. The van der Waals surface area contributed by atoms with Gasteiger partial charge in [0.05, 0.1) is 17.2 Å². The second kappa shape index (κ2) is 7.08. The van der Waals surface area contributed by atoms with Crippen molar-refractivity contribution in [3.05, 3.63) is 62.6 Å². The normalized spacial score (nSPS) is 10.2. The first kappa shape index (κ1) is 15.3. The summed E-state index contributed by atoms with van der Waals surface area (Å²) in [6.07, 6.45) is 0. The molecular formula is C15H15BrN2O3. The second-order valence-corrected chi connectivity index (χ2v) is 5.27. The third kappa shape index (κ3) is 4.19. The number of benzene rings is 2. The van der Waals surface area contributed by atoms with Gasteiger partial charge in [0.25, 0.3) is 5.69 Å². The van der Waals surface area contributed by atoms with Crippen LogP contribution in [0.4, 0.5) is 11.4 Å². The van der Waals surface area contributed by atoms with Crippen molar-refractivity contribution in [3.8, 4) is 5.75 Å². The van der Waals surface area contributed by atoms with Crippen molar-refractivity contribution >= 4 is 27.3 Å². The molecule has 0 aliphatic rings. The van der Waals surface area contributed by atoms with Gasteiger partial charge in [-0.05, 0) is 30.7 Å². The summed E-state index contributed by atoms with van der Waals surface area (Å²) in [5, 5.41) is 14.1. The number of nitrogens with zero attached hydrogens (tertiary/aromatic N) is 1. The van der Waals surface area contributed by atoms with Crippen molar-refractivity contribution in [2.45, 2.75) is 13.5 Å². The Balaban J connectivity index is 2.15. The summed E-state index contributed by atoms with van der Waals surface area (Å²) in [7, 11) is 0. The van der Waals surface area contributed by atoms with Crippen molar-refractivity contribution in [2.24, 2.45) is 0 Å². The van der Waals surface area contributed by atoms with Crippen LogP contribution in [0, 0.1) is 10.1 Å². The van der Waals surface area contributed by atoms with Crippen LogP contribution in [0.5, 0.6) is 5.75 Å². The summed E-state index contributed by atoms with van der Waals surface area (Å²) in [4.78, 5) is 10.5. The SMILES string of the molecule is CCOc1ccccc1NCc1cc(Br)cc([N+](=O)[O-])c1. The number of ether oxygens (including phenoxy) is 1. The van der Waals surface area contributed by atoms with Crippen LogP contribution in [0.3, 0.4) is 0 Å². The molecule has 0 bridgehead atoms. The first-order chi connectivity index (χ1) is 10.1. The lowest BCUT2D eigenvalue weighted by Crippen LogP contribution is -2.03. The lowest BCUT2D eigenvalue weighted by atomic mass is 10.2. The Hall–Kier alpha value is -2.08. The third-order valence-electron chi connectivity index (χ3n) is 2.82. The Morgan fingerprint density at radius 1 is 1.29 bits per heavy atom. The van der Waals surface area contributed by atoms with Gasteiger partial charge in [-0.25, -0.2) is 0 Å². The summed E-state index contributed by atoms with van der Waals surface area (Å²) >= 11 is 3.29. The number of nitrogens with one attached hydrogen (secondary N) is 1. The molecule has 0 aliphatic carbocycles. The van der Waals surface area contributed by atoms with Gasteiger partial charge in [-0.3, -0.25) is 10.1 Å². The number of anilines is 1. The maximum atomic E-state index is 10.9. The molecule has 2 rings (SSSR count). The van der Waals surface area contributed by atoms with Crippen LogP contribution in [-0.4, -0.2) is 11.5 Å². The minimum atomic E-state index is -0.400. The highest BCUT2D eigenvalue weighted by atomic mass is 79.9. The van der Waals surface area contributed by atoms with E-state index in [0.29, 0.717) is 17.6 Å². The van der Waals surface area contributed by atoms with Crippen molar-refractivity contribution in [1.82, 2.24) is 0 Å². The fraction of sp³-hybridized carbons (Fsp3) is 0.200. The maximum absolute atomic E-state index is 10.9. The summed E-state index contributed by atoms with van der Waals surface area (Å²) in [6.45, 7) is 2.99. The van der Waals surface area contributed by atoms with Crippen LogP contribution in [-0.2, 0) is 6.54 Å². The molecule has 0 saturated heterocycles. The van der Waals surface area contributed by atoms with Gasteiger partial charge in [0.1, 0.15) is 5.75 Å². The van der Waals surface area contributed by atoms with E-state index < -0.39 is 4.92 Å². The molecular weight excluding hydrogens is 336 g/mol. The highest BCUT2D eigenvalue weighted by molar-refractivity contribution is 9.10. The number of hydrogen-bond acceptors (Lipinski definition) is 4. The summed E-state index contributed by atoms with van der Waals surface area (Å²) in [5.74, 6) is 0.768. The minimum absolute atomic E-state index is 0.0688. The molecule has 2 aromatic carbocycles. The van der Waals surface area contributed by atoms with E-state index in [1.165, 1.54) is 6.07 Å². The van der Waals surface area contributed by atoms with Crippen LogP contribution in [0.25, 0.3) is 0 Å². The molecule has 5 nitrogen and oxygen atoms in total. The lowest BCUT2D eigenvalue weighted by molar-refractivity contribution is -0.385. The second-order valence-electron chi connectivity index (χ2n) is 4.36. The van der Waals surface area contributed by atoms with Gasteiger partial charge in [-0.1, -0.05) is 28.1 Å². The molecule has 0 fully saturated rings. The Labute approximate surface area is 131 Å². The zero-order chi connectivity index (χ0) is 15.2. The number of rotatable bonds is 6. The predicted molar refractivity (Wildman–Crippen MR) is 85.7 cm³/mol. The van der Waals surface area contributed by atoms with Gasteiger partial charge in [-0.15, -0.1) is 0 Å². The van der Waals surface area contributed by atoms with Gasteiger partial charge in [0.15, 0.2) is 0 Å². The Kier molecular flexibility index (Phi) is 5.16. The molecule has 21 heavy (non-hydrogen) atoms. The first-order valence-corrected chi connectivity index (χ1v) is 7.29. The number of para-hydroxylation sites is 2. The fourth-order valence-corrected chi connectivity index (χ4v) is 2.46. The van der Waals surface area contributed by atoms with Gasteiger partial charge < -0.3 is 10.1 Å². The molecule has 1 N–H and O–H groups in total. The number of nitro benzene ring substituents is 1. The average molecular weight is 351 g/mol. The molecule has 6 heteroatoms. The molecule has 0 unspecified atom stereocenters. The Morgan fingerprint density at radius 2 is 2.05 bits per heavy atom. The molecule has 0 radical (unpaired) electrons. The van der Waals surface area contributed by atoms with E-state index in [1.807, 2.05) is 37.3 Å². The van der Waals surface area contributed by atoms with E-state index in [2.05, 4.69) is 21.2 Å². The molecule has 0 aliphatic heterocycles. The van der Waals surface area contributed by atoms with Crippen molar-refractivity contribution in [3.63, 3.8) is 0 Å². The number of nitro groups is 1. The molecule has 2 aromatic rings. The van der Waals surface area contributed by atoms with Gasteiger partial charge in [0.2, 0.25) is 0 Å². The smallest absolute Gasteiger partial charge is 0.270 e. The van der Waals surface area contributed by atoms with E-state index in [1.54, 1.807) is 6.07 Å². The number of halogens is 1. The molecule has 0 atom stereocenters. The Morgan fingerprint density at radius 3 is 2.76 bits per heavy atom.